The summed E-state index contributed by atoms with van der Waals surface area (Å²) in [5.41, 5.74) is 5.89. The van der Waals surface area contributed by atoms with Gasteiger partial charge >= 0.3 is 0 Å². The molecule has 0 heterocycles. The maximum absolute atomic E-state index is 6.11. The molecule has 0 aliphatic heterocycles. The molecule has 0 radical (unpaired) electrons. The fourth-order valence-corrected chi connectivity index (χ4v) is 1.38. The van der Waals surface area contributed by atoms with Crippen molar-refractivity contribution in [1.29, 1.82) is 0 Å². The summed E-state index contributed by atoms with van der Waals surface area (Å²) in [7, 11) is 1.69. The Labute approximate surface area is 97.6 Å². The topological polar surface area (TPSA) is 44.5 Å². The van der Waals surface area contributed by atoms with Gasteiger partial charge in [-0.05, 0) is 31.9 Å². The molecule has 0 aliphatic carbocycles. The second kappa shape index (κ2) is 6.51. The van der Waals surface area contributed by atoms with Gasteiger partial charge in [-0.1, -0.05) is 18.2 Å². The van der Waals surface area contributed by atoms with Gasteiger partial charge in [-0.2, -0.15) is 0 Å². The molecule has 90 valence electrons. The lowest BCUT2D eigenvalue weighted by Gasteiger charge is -2.24. The second-order valence-electron chi connectivity index (χ2n) is 4.31. The molecule has 0 aliphatic rings. The standard InChI is InChI=1S/C13H21NO2/c1-13(14,8-10-15-2)9-11-16-12-6-4-3-5-7-12/h3-7H,8-11,14H2,1-2H3. The van der Waals surface area contributed by atoms with Crippen LogP contribution in [0.5, 0.6) is 5.75 Å². The molecule has 1 atom stereocenters. The molecule has 1 aromatic carbocycles. The number of nitrogens with two attached hydrogens (primary N) is 1. The molecule has 0 aromatic heterocycles. The van der Waals surface area contributed by atoms with Crippen molar-refractivity contribution in [1.82, 2.24) is 0 Å². The average molecular weight is 223 g/mol. The zero-order valence-corrected chi connectivity index (χ0v) is 10.1. The highest BCUT2D eigenvalue weighted by Crippen LogP contribution is 2.14. The van der Waals surface area contributed by atoms with Crippen molar-refractivity contribution >= 4 is 0 Å². The monoisotopic (exact) mass is 223 g/mol. The summed E-state index contributed by atoms with van der Waals surface area (Å²) < 4.78 is 10.6. The van der Waals surface area contributed by atoms with Crippen LogP contribution in [-0.2, 0) is 4.74 Å². The van der Waals surface area contributed by atoms with E-state index in [-0.39, 0.29) is 5.54 Å². The molecule has 16 heavy (non-hydrogen) atoms. The lowest BCUT2D eigenvalue weighted by atomic mass is 9.96. The highest BCUT2D eigenvalue weighted by atomic mass is 16.5. The average Bonchev–Trinajstić information content (AvgIpc) is 2.28. The summed E-state index contributed by atoms with van der Waals surface area (Å²) in [6.07, 6.45) is 1.67. The molecular formula is C13H21NO2. The number of benzene rings is 1. The van der Waals surface area contributed by atoms with Crippen molar-refractivity contribution in [2.75, 3.05) is 20.3 Å². The summed E-state index contributed by atoms with van der Waals surface area (Å²) in [5.74, 6) is 0.894. The van der Waals surface area contributed by atoms with Crippen LogP contribution in [0.4, 0.5) is 0 Å². The fourth-order valence-electron chi connectivity index (χ4n) is 1.38. The molecule has 3 nitrogen and oxygen atoms in total. The number of para-hydroxylation sites is 1. The van der Waals surface area contributed by atoms with Crippen LogP contribution >= 0.6 is 0 Å². The van der Waals surface area contributed by atoms with Gasteiger partial charge in [0, 0.05) is 19.3 Å². The van der Waals surface area contributed by atoms with Crippen LogP contribution in [0, 0.1) is 0 Å². The second-order valence-corrected chi connectivity index (χ2v) is 4.31. The first kappa shape index (κ1) is 13.0. The first-order chi connectivity index (χ1) is 7.64. The van der Waals surface area contributed by atoms with E-state index in [9.17, 15) is 0 Å². The summed E-state index contributed by atoms with van der Waals surface area (Å²) in [4.78, 5) is 0. The van der Waals surface area contributed by atoms with E-state index in [1.807, 2.05) is 37.3 Å². The maximum atomic E-state index is 6.11. The first-order valence-electron chi connectivity index (χ1n) is 5.60. The van der Waals surface area contributed by atoms with Gasteiger partial charge in [-0.15, -0.1) is 0 Å². The Hall–Kier alpha value is -1.06. The Bertz CT molecular complexity index is 285. The fraction of sp³-hybridized carbons (Fsp3) is 0.538. The number of rotatable bonds is 7. The molecule has 0 saturated heterocycles. The van der Waals surface area contributed by atoms with Gasteiger partial charge in [0.15, 0.2) is 0 Å². The Balaban J connectivity index is 2.24. The van der Waals surface area contributed by atoms with E-state index in [1.165, 1.54) is 0 Å². The molecule has 2 N–H and O–H groups in total. The third-order valence-electron chi connectivity index (χ3n) is 2.56. The van der Waals surface area contributed by atoms with Crippen molar-refractivity contribution < 1.29 is 9.47 Å². The Kier molecular flexibility index (Phi) is 5.29. The van der Waals surface area contributed by atoms with Gasteiger partial charge < -0.3 is 15.2 Å². The number of methoxy groups -OCH3 is 1. The molecule has 1 aromatic rings. The largest absolute Gasteiger partial charge is 0.494 e. The van der Waals surface area contributed by atoms with Crippen LogP contribution < -0.4 is 10.5 Å². The quantitative estimate of drug-likeness (QED) is 0.770. The molecule has 0 bridgehead atoms. The molecule has 0 amide bonds. The molecule has 0 saturated carbocycles. The Morgan fingerprint density at radius 2 is 1.75 bits per heavy atom. The highest BCUT2D eigenvalue weighted by molar-refractivity contribution is 5.20. The van der Waals surface area contributed by atoms with Crippen LogP contribution in [0.1, 0.15) is 19.8 Å². The van der Waals surface area contributed by atoms with E-state index in [1.54, 1.807) is 7.11 Å². The van der Waals surface area contributed by atoms with E-state index >= 15 is 0 Å². The van der Waals surface area contributed by atoms with Crippen LogP contribution in [0.3, 0.4) is 0 Å². The minimum Gasteiger partial charge on any atom is -0.494 e. The number of ether oxygens (including phenoxy) is 2. The van der Waals surface area contributed by atoms with Crippen molar-refractivity contribution in [2.24, 2.45) is 5.73 Å². The van der Waals surface area contributed by atoms with Crippen LogP contribution in [0.15, 0.2) is 30.3 Å². The molecule has 1 unspecified atom stereocenters. The number of hydrogen-bond acceptors (Lipinski definition) is 3. The molecule has 0 fully saturated rings. The summed E-state index contributed by atoms with van der Waals surface area (Å²) in [6, 6.07) is 9.79. The predicted molar refractivity (Wildman–Crippen MR) is 65.6 cm³/mol. The zero-order chi connectivity index (χ0) is 11.9. The normalized spacial score (nSPS) is 14.4. The lowest BCUT2D eigenvalue weighted by Crippen LogP contribution is -2.38. The Morgan fingerprint density at radius 1 is 1.12 bits per heavy atom. The van der Waals surface area contributed by atoms with Gasteiger partial charge in [0.2, 0.25) is 0 Å². The lowest BCUT2D eigenvalue weighted by molar-refractivity contribution is 0.160. The van der Waals surface area contributed by atoms with Crippen LogP contribution in [-0.4, -0.2) is 25.9 Å². The van der Waals surface area contributed by atoms with Crippen LogP contribution in [0.25, 0.3) is 0 Å². The number of hydrogen-bond donors (Lipinski definition) is 1. The van der Waals surface area contributed by atoms with Gasteiger partial charge in [-0.3, -0.25) is 0 Å². The van der Waals surface area contributed by atoms with Gasteiger partial charge in [0.1, 0.15) is 5.75 Å². The highest BCUT2D eigenvalue weighted by Gasteiger charge is 2.17. The Morgan fingerprint density at radius 3 is 2.38 bits per heavy atom. The van der Waals surface area contributed by atoms with Gasteiger partial charge in [-0.25, -0.2) is 0 Å². The van der Waals surface area contributed by atoms with E-state index in [2.05, 4.69) is 0 Å². The van der Waals surface area contributed by atoms with E-state index in [0.29, 0.717) is 13.2 Å². The predicted octanol–water partition coefficient (Wildman–Crippen LogP) is 2.21. The summed E-state index contributed by atoms with van der Waals surface area (Å²) in [6.45, 7) is 3.36. The molecule has 3 heteroatoms. The minimum atomic E-state index is -0.217. The van der Waals surface area contributed by atoms with E-state index in [0.717, 1.165) is 18.6 Å². The van der Waals surface area contributed by atoms with Crippen molar-refractivity contribution in [3.8, 4) is 5.75 Å². The molecular weight excluding hydrogens is 202 g/mol. The van der Waals surface area contributed by atoms with Gasteiger partial charge in [0.05, 0.1) is 6.61 Å². The summed E-state index contributed by atoms with van der Waals surface area (Å²) in [5, 5.41) is 0. The van der Waals surface area contributed by atoms with Crippen molar-refractivity contribution in [3.05, 3.63) is 30.3 Å². The minimum absolute atomic E-state index is 0.217. The third kappa shape index (κ3) is 5.14. The summed E-state index contributed by atoms with van der Waals surface area (Å²) >= 11 is 0. The SMILES string of the molecule is COCCC(C)(N)CCOc1ccccc1. The van der Waals surface area contributed by atoms with Gasteiger partial charge in [0.25, 0.3) is 0 Å². The molecule has 1 rings (SSSR count). The first-order valence-corrected chi connectivity index (χ1v) is 5.60. The smallest absolute Gasteiger partial charge is 0.119 e. The van der Waals surface area contributed by atoms with E-state index in [4.69, 9.17) is 15.2 Å². The van der Waals surface area contributed by atoms with Crippen molar-refractivity contribution in [3.63, 3.8) is 0 Å². The third-order valence-corrected chi connectivity index (χ3v) is 2.56. The van der Waals surface area contributed by atoms with Crippen LogP contribution in [0.2, 0.25) is 0 Å². The van der Waals surface area contributed by atoms with Crippen molar-refractivity contribution in [2.45, 2.75) is 25.3 Å². The molecule has 0 spiro atoms. The zero-order valence-electron chi connectivity index (χ0n) is 10.1. The maximum Gasteiger partial charge on any atom is 0.119 e. The van der Waals surface area contributed by atoms with E-state index < -0.39 is 0 Å².